The minimum Gasteiger partial charge on any atom is -0.733 e. The fraction of sp³-hybridized carbons (Fsp3) is 0.333. The lowest BCUT2D eigenvalue weighted by Gasteiger charge is -2.22. The second-order valence-electron chi connectivity index (χ2n) is 4.65. The highest BCUT2D eigenvalue weighted by Gasteiger charge is 2.38. The van der Waals surface area contributed by atoms with E-state index in [0.29, 0.717) is 18.5 Å². The van der Waals surface area contributed by atoms with Gasteiger partial charge < -0.3 is 20.7 Å². The van der Waals surface area contributed by atoms with Crippen LogP contribution in [0.1, 0.15) is 23.2 Å². The molecule has 1 aromatic rings. The summed E-state index contributed by atoms with van der Waals surface area (Å²) in [4.78, 5) is 25.9. The summed E-state index contributed by atoms with van der Waals surface area (Å²) in [6.07, 6.45) is 1.45. The molecular formula is C12H12N3O4-. The summed E-state index contributed by atoms with van der Waals surface area (Å²) in [6.45, 7) is 0.561. The maximum atomic E-state index is 12.3. The van der Waals surface area contributed by atoms with E-state index in [1.165, 1.54) is 18.2 Å². The van der Waals surface area contributed by atoms with Crippen LogP contribution in [0.4, 0.5) is 11.4 Å². The number of carbonyl (C=O) groups excluding carboxylic acids is 2. The second kappa shape index (κ2) is 4.22. The van der Waals surface area contributed by atoms with Crippen molar-refractivity contribution in [2.45, 2.75) is 18.9 Å². The molecule has 3 rings (SSSR count). The molecule has 19 heavy (non-hydrogen) atoms. The van der Waals surface area contributed by atoms with Crippen molar-refractivity contribution >= 4 is 23.2 Å². The van der Waals surface area contributed by atoms with Gasteiger partial charge in [-0.1, -0.05) is 0 Å². The maximum Gasteiger partial charge on any atom is 0.256 e. The van der Waals surface area contributed by atoms with E-state index < -0.39 is 6.04 Å². The zero-order valence-corrected chi connectivity index (χ0v) is 10.00. The lowest BCUT2D eigenvalue weighted by molar-refractivity contribution is -0.119. The molecule has 0 aromatic heterocycles. The van der Waals surface area contributed by atoms with E-state index >= 15 is 0 Å². The standard InChI is InChI=1S/C12H12N3O4/c16-11-10-2-1-5-14(10)12(17)8-4-3-7(15(18)19)6-9(8)13-11/h3-4,6,10,18H,1-2,5H2,(H,13,16)/q-1. The molecule has 0 radical (unpaired) electrons. The van der Waals surface area contributed by atoms with Crippen LogP contribution in [0.25, 0.3) is 0 Å². The van der Waals surface area contributed by atoms with Crippen molar-refractivity contribution in [3.05, 3.63) is 29.0 Å². The van der Waals surface area contributed by atoms with Crippen molar-refractivity contribution < 1.29 is 14.8 Å². The van der Waals surface area contributed by atoms with Crippen LogP contribution in [0.2, 0.25) is 0 Å². The molecule has 1 unspecified atom stereocenters. The molecule has 1 atom stereocenters. The molecule has 1 saturated heterocycles. The highest BCUT2D eigenvalue weighted by Crippen LogP contribution is 2.31. The van der Waals surface area contributed by atoms with Gasteiger partial charge in [0.1, 0.15) is 6.04 Å². The van der Waals surface area contributed by atoms with E-state index in [4.69, 9.17) is 5.21 Å². The smallest absolute Gasteiger partial charge is 0.256 e. The van der Waals surface area contributed by atoms with E-state index in [-0.39, 0.29) is 28.4 Å². The summed E-state index contributed by atoms with van der Waals surface area (Å²) in [7, 11) is 0. The summed E-state index contributed by atoms with van der Waals surface area (Å²) in [5.41, 5.74) is 0.564. The Hall–Kier alpha value is -2.12. The lowest BCUT2D eigenvalue weighted by atomic mass is 10.1. The first-order valence-corrected chi connectivity index (χ1v) is 6.00. The monoisotopic (exact) mass is 262 g/mol. The van der Waals surface area contributed by atoms with Crippen molar-refractivity contribution in [1.29, 1.82) is 0 Å². The van der Waals surface area contributed by atoms with Gasteiger partial charge in [-0.3, -0.25) is 14.8 Å². The van der Waals surface area contributed by atoms with Gasteiger partial charge in [0.2, 0.25) is 5.91 Å². The van der Waals surface area contributed by atoms with Gasteiger partial charge in [0, 0.05) is 6.54 Å². The van der Waals surface area contributed by atoms with Crippen LogP contribution >= 0.6 is 0 Å². The van der Waals surface area contributed by atoms with Crippen LogP contribution in [-0.2, 0) is 4.79 Å². The molecule has 7 heteroatoms. The number of anilines is 2. The molecule has 2 aliphatic rings. The first-order chi connectivity index (χ1) is 9.08. The van der Waals surface area contributed by atoms with Crippen LogP contribution in [-0.4, -0.2) is 34.5 Å². The Morgan fingerprint density at radius 1 is 1.42 bits per heavy atom. The quantitative estimate of drug-likeness (QED) is 0.734. The number of nitrogens with zero attached hydrogens (tertiary/aromatic N) is 2. The number of amides is 2. The van der Waals surface area contributed by atoms with E-state index in [0.717, 1.165) is 6.42 Å². The molecule has 100 valence electrons. The fourth-order valence-corrected chi connectivity index (χ4v) is 2.59. The molecule has 0 spiro atoms. The highest BCUT2D eigenvalue weighted by molar-refractivity contribution is 6.10. The number of fused-ring (bicyclic) bond motifs is 2. The molecule has 0 saturated carbocycles. The molecule has 2 amide bonds. The second-order valence-corrected chi connectivity index (χ2v) is 4.65. The molecule has 2 N–H and O–H groups in total. The van der Waals surface area contributed by atoms with E-state index in [1.807, 2.05) is 0 Å². The molecule has 2 aliphatic heterocycles. The number of nitrogens with one attached hydrogen (secondary N) is 1. The Morgan fingerprint density at radius 3 is 2.95 bits per heavy atom. The first kappa shape index (κ1) is 11.9. The normalized spacial score (nSPS) is 21.6. The van der Waals surface area contributed by atoms with Crippen molar-refractivity contribution in [3.63, 3.8) is 0 Å². The van der Waals surface area contributed by atoms with Crippen molar-refractivity contribution in [2.75, 3.05) is 17.1 Å². The van der Waals surface area contributed by atoms with Crippen molar-refractivity contribution in [3.8, 4) is 0 Å². The number of rotatable bonds is 1. The van der Waals surface area contributed by atoms with E-state index in [1.54, 1.807) is 4.90 Å². The fourth-order valence-electron chi connectivity index (χ4n) is 2.59. The van der Waals surface area contributed by atoms with Crippen LogP contribution in [0.5, 0.6) is 0 Å². The van der Waals surface area contributed by atoms with Gasteiger partial charge in [0.25, 0.3) is 5.91 Å². The van der Waals surface area contributed by atoms with Crippen LogP contribution in [0.15, 0.2) is 18.2 Å². The van der Waals surface area contributed by atoms with Gasteiger partial charge in [-0.05, 0) is 31.0 Å². The zero-order valence-electron chi connectivity index (χ0n) is 10.00. The number of benzene rings is 1. The van der Waals surface area contributed by atoms with Gasteiger partial charge in [-0.2, -0.15) is 0 Å². The summed E-state index contributed by atoms with van der Waals surface area (Å²) >= 11 is 0. The molecular weight excluding hydrogens is 250 g/mol. The molecule has 0 bridgehead atoms. The summed E-state index contributed by atoms with van der Waals surface area (Å²) in [5, 5.41) is 22.0. The van der Waals surface area contributed by atoms with Crippen LogP contribution < -0.4 is 10.5 Å². The topological polar surface area (TPSA) is 95.9 Å². The molecule has 1 fully saturated rings. The average Bonchev–Trinajstić information content (AvgIpc) is 2.83. The third-order valence-corrected chi connectivity index (χ3v) is 3.53. The van der Waals surface area contributed by atoms with Gasteiger partial charge in [0.15, 0.2) is 0 Å². The number of hydrogen-bond donors (Lipinski definition) is 2. The maximum absolute atomic E-state index is 12.3. The van der Waals surface area contributed by atoms with Crippen LogP contribution in [0, 0.1) is 5.21 Å². The molecule has 7 nitrogen and oxygen atoms in total. The van der Waals surface area contributed by atoms with Gasteiger partial charge in [0.05, 0.1) is 16.9 Å². The molecule has 0 aliphatic carbocycles. The molecule has 1 aromatic carbocycles. The number of hydrogen-bond acceptors (Lipinski definition) is 5. The van der Waals surface area contributed by atoms with Crippen molar-refractivity contribution in [2.24, 2.45) is 0 Å². The third-order valence-electron chi connectivity index (χ3n) is 3.53. The first-order valence-electron chi connectivity index (χ1n) is 6.00. The minimum atomic E-state index is -0.444. The van der Waals surface area contributed by atoms with E-state index in [9.17, 15) is 14.8 Å². The largest absolute Gasteiger partial charge is 0.733 e. The predicted molar refractivity (Wildman–Crippen MR) is 66.8 cm³/mol. The molecule has 2 heterocycles. The van der Waals surface area contributed by atoms with E-state index in [2.05, 4.69) is 5.32 Å². The van der Waals surface area contributed by atoms with Crippen LogP contribution in [0.3, 0.4) is 0 Å². The summed E-state index contributed by atoms with van der Waals surface area (Å²) in [6, 6.07) is 3.63. The van der Waals surface area contributed by atoms with Gasteiger partial charge >= 0.3 is 0 Å². The Kier molecular flexibility index (Phi) is 2.65. The summed E-state index contributed by atoms with van der Waals surface area (Å²) < 4.78 is 0. The van der Waals surface area contributed by atoms with Gasteiger partial charge in [-0.25, -0.2) is 0 Å². The number of carbonyl (C=O) groups is 2. The lowest BCUT2D eigenvalue weighted by Crippen LogP contribution is -2.40. The summed E-state index contributed by atoms with van der Waals surface area (Å²) in [5.74, 6) is -0.477. The minimum absolute atomic E-state index is 0.0334. The Bertz CT molecular complexity index is 558. The third kappa shape index (κ3) is 1.83. The Balaban J connectivity index is 2.07. The Morgan fingerprint density at radius 2 is 2.21 bits per heavy atom. The van der Waals surface area contributed by atoms with Crippen molar-refractivity contribution in [1.82, 2.24) is 4.90 Å². The SMILES string of the molecule is O=C1Nc2cc(N([O-])O)ccc2C(=O)N2CCCC12. The zero-order chi connectivity index (χ0) is 13.6. The van der Waals surface area contributed by atoms with Gasteiger partial charge in [-0.15, -0.1) is 0 Å². The average molecular weight is 262 g/mol. The predicted octanol–water partition coefficient (Wildman–Crippen LogP) is 0.937. The highest BCUT2D eigenvalue weighted by atomic mass is 16.8. The Labute approximate surface area is 108 Å².